The third kappa shape index (κ3) is 6.25. The number of rotatable bonds is 7. The fraction of sp³-hybridized carbons (Fsp3) is 0.176. The van der Waals surface area contributed by atoms with Crippen LogP contribution >= 0.6 is 15.9 Å². The minimum absolute atomic E-state index is 0.0453. The zero-order valence-corrected chi connectivity index (χ0v) is 16.3. The topological polar surface area (TPSA) is 102 Å². The Hall–Kier alpha value is -2.23. The van der Waals surface area contributed by atoms with E-state index in [1.807, 2.05) is 6.92 Å². The van der Waals surface area contributed by atoms with Crippen molar-refractivity contribution >= 4 is 43.5 Å². The van der Waals surface area contributed by atoms with Crippen LogP contribution in [0.4, 0.5) is 5.69 Å². The highest BCUT2D eigenvalue weighted by Crippen LogP contribution is 2.14. The van der Waals surface area contributed by atoms with E-state index in [1.165, 1.54) is 12.1 Å². The van der Waals surface area contributed by atoms with E-state index >= 15 is 0 Å². The van der Waals surface area contributed by atoms with Crippen LogP contribution in [0.1, 0.15) is 5.56 Å². The number of aryl methyl sites for hydroxylation is 1. The number of amides is 1. The number of benzene rings is 2. The van der Waals surface area contributed by atoms with Gasteiger partial charge >= 0.3 is 5.97 Å². The number of sulfonamides is 1. The number of anilines is 1. The van der Waals surface area contributed by atoms with Gasteiger partial charge in [0.25, 0.3) is 5.91 Å². The second kappa shape index (κ2) is 8.93. The SMILES string of the molecule is Cc1ccc(S(=O)(=O)NCC(=O)OCC(=O)Nc2ccc(Br)cc2)cc1. The smallest absolute Gasteiger partial charge is 0.321 e. The summed E-state index contributed by atoms with van der Waals surface area (Å²) in [6, 6.07) is 13.0. The summed E-state index contributed by atoms with van der Waals surface area (Å²) < 4.78 is 31.9. The molecule has 2 rings (SSSR count). The number of hydrogen-bond donors (Lipinski definition) is 2. The van der Waals surface area contributed by atoms with Crippen LogP contribution < -0.4 is 10.0 Å². The molecule has 0 radical (unpaired) electrons. The van der Waals surface area contributed by atoms with E-state index in [0.29, 0.717) is 5.69 Å². The molecule has 0 saturated heterocycles. The Labute approximate surface area is 159 Å². The lowest BCUT2D eigenvalue weighted by Crippen LogP contribution is -2.32. The van der Waals surface area contributed by atoms with Gasteiger partial charge in [-0.2, -0.15) is 4.72 Å². The maximum atomic E-state index is 12.1. The predicted molar refractivity (Wildman–Crippen MR) is 100 cm³/mol. The lowest BCUT2D eigenvalue weighted by Gasteiger charge is -2.08. The van der Waals surface area contributed by atoms with Crippen molar-refractivity contribution in [2.75, 3.05) is 18.5 Å². The van der Waals surface area contributed by atoms with Gasteiger partial charge in [0.2, 0.25) is 10.0 Å². The summed E-state index contributed by atoms with van der Waals surface area (Å²) in [6.45, 7) is 0.753. The van der Waals surface area contributed by atoms with E-state index in [0.717, 1.165) is 10.0 Å². The highest BCUT2D eigenvalue weighted by atomic mass is 79.9. The normalized spacial score (nSPS) is 11.0. The third-order valence-electron chi connectivity index (χ3n) is 3.23. The molecule has 0 fully saturated rings. The molecule has 0 unspecified atom stereocenters. The minimum atomic E-state index is -3.82. The van der Waals surface area contributed by atoms with Crippen molar-refractivity contribution in [2.45, 2.75) is 11.8 Å². The maximum Gasteiger partial charge on any atom is 0.321 e. The fourth-order valence-electron chi connectivity index (χ4n) is 1.88. The van der Waals surface area contributed by atoms with Crippen molar-refractivity contribution in [1.82, 2.24) is 4.72 Å². The van der Waals surface area contributed by atoms with Crippen molar-refractivity contribution in [3.8, 4) is 0 Å². The molecule has 0 bridgehead atoms. The molecule has 26 heavy (non-hydrogen) atoms. The van der Waals surface area contributed by atoms with Gasteiger partial charge in [0.1, 0.15) is 6.54 Å². The van der Waals surface area contributed by atoms with Gasteiger partial charge in [-0.25, -0.2) is 8.42 Å². The molecule has 0 heterocycles. The third-order valence-corrected chi connectivity index (χ3v) is 5.18. The summed E-state index contributed by atoms with van der Waals surface area (Å²) in [4.78, 5) is 23.4. The molecule has 2 aromatic carbocycles. The van der Waals surface area contributed by atoms with Crippen LogP contribution in [0.2, 0.25) is 0 Å². The molecule has 2 N–H and O–H groups in total. The van der Waals surface area contributed by atoms with Crippen LogP contribution in [-0.4, -0.2) is 33.4 Å². The largest absolute Gasteiger partial charge is 0.455 e. The molecule has 2 aromatic rings. The number of hydrogen-bond acceptors (Lipinski definition) is 5. The second-order valence-corrected chi connectivity index (χ2v) is 8.04. The first-order valence-electron chi connectivity index (χ1n) is 7.54. The first-order chi connectivity index (χ1) is 12.3. The highest BCUT2D eigenvalue weighted by molar-refractivity contribution is 9.10. The monoisotopic (exact) mass is 440 g/mol. The van der Waals surface area contributed by atoms with Crippen molar-refractivity contribution < 1.29 is 22.7 Å². The van der Waals surface area contributed by atoms with Gasteiger partial charge in [0, 0.05) is 10.2 Å². The molecule has 0 aliphatic carbocycles. The quantitative estimate of drug-likeness (QED) is 0.642. The van der Waals surface area contributed by atoms with Gasteiger partial charge in [-0.3, -0.25) is 9.59 Å². The molecule has 1 amide bonds. The molecule has 0 saturated carbocycles. The van der Waals surface area contributed by atoms with E-state index < -0.39 is 35.1 Å². The summed E-state index contributed by atoms with van der Waals surface area (Å²) >= 11 is 3.28. The predicted octanol–water partition coefficient (Wildman–Crippen LogP) is 2.22. The second-order valence-electron chi connectivity index (χ2n) is 5.35. The van der Waals surface area contributed by atoms with Crippen molar-refractivity contribution in [3.63, 3.8) is 0 Å². The van der Waals surface area contributed by atoms with Gasteiger partial charge in [0.15, 0.2) is 6.61 Å². The Kier molecular flexibility index (Phi) is 6.90. The van der Waals surface area contributed by atoms with Gasteiger partial charge in [0.05, 0.1) is 4.90 Å². The van der Waals surface area contributed by atoms with Crippen molar-refractivity contribution in [3.05, 3.63) is 58.6 Å². The highest BCUT2D eigenvalue weighted by Gasteiger charge is 2.16. The molecule has 0 spiro atoms. The molecule has 0 atom stereocenters. The Morgan fingerprint density at radius 3 is 2.27 bits per heavy atom. The summed E-state index contributed by atoms with van der Waals surface area (Å²) in [6.07, 6.45) is 0. The molecular formula is C17H17BrN2O5S. The number of carbonyl (C=O) groups is 2. The van der Waals surface area contributed by atoms with Gasteiger partial charge in [-0.15, -0.1) is 0 Å². The molecule has 138 valence electrons. The molecule has 0 aliphatic heterocycles. The maximum absolute atomic E-state index is 12.1. The Morgan fingerprint density at radius 2 is 1.65 bits per heavy atom. The van der Waals surface area contributed by atoms with E-state index in [1.54, 1.807) is 36.4 Å². The first-order valence-corrected chi connectivity index (χ1v) is 9.81. The number of carbonyl (C=O) groups excluding carboxylic acids is 2. The number of halogens is 1. The molecule has 9 heteroatoms. The zero-order chi connectivity index (χ0) is 19.2. The zero-order valence-electron chi connectivity index (χ0n) is 13.9. The lowest BCUT2D eigenvalue weighted by atomic mass is 10.2. The van der Waals surface area contributed by atoms with Gasteiger partial charge in [-0.1, -0.05) is 33.6 Å². The van der Waals surface area contributed by atoms with Gasteiger partial charge in [-0.05, 0) is 43.3 Å². The summed E-state index contributed by atoms with van der Waals surface area (Å²) in [5, 5.41) is 2.55. The summed E-state index contributed by atoms with van der Waals surface area (Å²) in [5.41, 5.74) is 1.47. The van der Waals surface area contributed by atoms with Crippen LogP contribution in [-0.2, 0) is 24.3 Å². The lowest BCUT2D eigenvalue weighted by molar-refractivity contribution is -0.146. The number of ether oxygens (including phenoxy) is 1. The molecule has 0 aromatic heterocycles. The van der Waals surface area contributed by atoms with E-state index in [-0.39, 0.29) is 4.90 Å². The van der Waals surface area contributed by atoms with Crippen LogP contribution in [0.25, 0.3) is 0 Å². The van der Waals surface area contributed by atoms with Crippen LogP contribution in [0, 0.1) is 6.92 Å². The standard InChI is InChI=1S/C17H17BrN2O5S/c1-12-2-8-15(9-3-12)26(23,24)19-10-17(22)25-11-16(21)20-14-6-4-13(18)5-7-14/h2-9,19H,10-11H2,1H3,(H,20,21). The average molecular weight is 441 g/mol. The minimum Gasteiger partial charge on any atom is -0.455 e. The van der Waals surface area contributed by atoms with E-state index in [2.05, 4.69) is 26.0 Å². The number of nitrogens with one attached hydrogen (secondary N) is 2. The fourth-order valence-corrected chi connectivity index (χ4v) is 3.12. The molecule has 7 nitrogen and oxygen atoms in total. The average Bonchev–Trinajstić information content (AvgIpc) is 2.61. The van der Waals surface area contributed by atoms with Crippen molar-refractivity contribution in [1.29, 1.82) is 0 Å². The van der Waals surface area contributed by atoms with Gasteiger partial charge < -0.3 is 10.1 Å². The Morgan fingerprint density at radius 1 is 1.04 bits per heavy atom. The molecule has 0 aliphatic rings. The van der Waals surface area contributed by atoms with Crippen LogP contribution in [0.15, 0.2) is 57.9 Å². The number of esters is 1. The Bertz CT molecular complexity index is 880. The molecular weight excluding hydrogens is 424 g/mol. The first kappa shape index (κ1) is 20.1. The summed E-state index contributed by atoms with van der Waals surface area (Å²) in [5.74, 6) is -1.38. The van der Waals surface area contributed by atoms with Crippen molar-refractivity contribution in [2.24, 2.45) is 0 Å². The van der Waals surface area contributed by atoms with Crippen LogP contribution in [0.5, 0.6) is 0 Å². The van der Waals surface area contributed by atoms with Crippen LogP contribution in [0.3, 0.4) is 0 Å². The van der Waals surface area contributed by atoms with E-state index in [4.69, 9.17) is 4.74 Å². The Balaban J connectivity index is 1.78. The summed E-state index contributed by atoms with van der Waals surface area (Å²) in [7, 11) is -3.82. The van der Waals surface area contributed by atoms with E-state index in [9.17, 15) is 18.0 Å².